The van der Waals surface area contributed by atoms with Gasteiger partial charge in [-0.25, -0.2) is 14.6 Å². The summed E-state index contributed by atoms with van der Waals surface area (Å²) < 4.78 is 11.6. The SMILES string of the molecule is Cc1ccc2nc(N3C(=O)C(O)=C(C(=O)c4ccco4)C3c3ccco3)sc2c1.O=C(O)C(=O)O. The fourth-order valence-corrected chi connectivity index (χ4v) is 4.50. The number of fused-ring (bicyclic) bond motifs is 1. The molecule has 1 aliphatic rings. The molecule has 5 rings (SSSR count). The molecule has 1 unspecified atom stereocenters. The highest BCUT2D eigenvalue weighted by atomic mass is 32.1. The maximum Gasteiger partial charge on any atom is 0.414 e. The Morgan fingerprint density at radius 2 is 1.71 bits per heavy atom. The van der Waals surface area contributed by atoms with E-state index in [1.165, 1.54) is 34.8 Å². The molecule has 0 saturated carbocycles. The highest BCUT2D eigenvalue weighted by Gasteiger charge is 2.47. The van der Waals surface area contributed by atoms with Crippen LogP contribution in [0.4, 0.5) is 5.13 Å². The summed E-state index contributed by atoms with van der Waals surface area (Å²) in [4.78, 5) is 50.1. The summed E-state index contributed by atoms with van der Waals surface area (Å²) >= 11 is 1.31. The van der Waals surface area contributed by atoms with Gasteiger partial charge < -0.3 is 24.2 Å². The number of hydrogen-bond acceptors (Lipinski definition) is 9. The number of carboxylic acids is 2. The van der Waals surface area contributed by atoms with Gasteiger partial charge >= 0.3 is 11.9 Å². The normalized spacial score (nSPS) is 15.3. The van der Waals surface area contributed by atoms with Crippen molar-refractivity contribution in [2.45, 2.75) is 13.0 Å². The Morgan fingerprint density at radius 1 is 1.03 bits per heavy atom. The largest absolute Gasteiger partial charge is 0.503 e. The molecule has 3 N–H and O–H groups in total. The molecule has 11 nitrogen and oxygen atoms in total. The lowest BCUT2D eigenvalue weighted by Gasteiger charge is -2.21. The highest BCUT2D eigenvalue weighted by molar-refractivity contribution is 7.22. The number of Topliss-reactive ketones (excluding diaryl/α,β-unsaturated/α-hetero) is 1. The molecule has 0 bridgehead atoms. The number of rotatable bonds is 4. The number of aryl methyl sites for hydroxylation is 1. The van der Waals surface area contributed by atoms with Crippen molar-refractivity contribution in [1.82, 2.24) is 4.98 Å². The number of thiazole rings is 1. The number of aliphatic hydroxyl groups excluding tert-OH is 1. The van der Waals surface area contributed by atoms with Crippen LogP contribution >= 0.6 is 11.3 Å². The number of ketones is 1. The van der Waals surface area contributed by atoms with E-state index in [9.17, 15) is 14.7 Å². The molecule has 3 aromatic heterocycles. The summed E-state index contributed by atoms with van der Waals surface area (Å²) in [5.74, 6) is -5.21. The van der Waals surface area contributed by atoms with E-state index in [1.807, 2.05) is 25.1 Å². The molecule has 35 heavy (non-hydrogen) atoms. The second kappa shape index (κ2) is 9.27. The molecule has 0 saturated heterocycles. The molecule has 0 spiro atoms. The Morgan fingerprint density at radius 3 is 2.31 bits per heavy atom. The number of aromatic nitrogens is 1. The molecular formula is C23H16N2O9S. The first-order chi connectivity index (χ1) is 16.7. The quantitative estimate of drug-likeness (QED) is 0.279. The van der Waals surface area contributed by atoms with E-state index in [-0.39, 0.29) is 11.3 Å². The van der Waals surface area contributed by atoms with E-state index in [2.05, 4.69) is 4.98 Å². The number of carbonyl (C=O) groups is 4. The third-order valence-corrected chi connectivity index (χ3v) is 5.95. The van der Waals surface area contributed by atoms with Gasteiger partial charge in [0.25, 0.3) is 5.91 Å². The van der Waals surface area contributed by atoms with Crippen molar-refractivity contribution in [1.29, 1.82) is 0 Å². The van der Waals surface area contributed by atoms with Crippen LogP contribution in [0, 0.1) is 6.92 Å². The van der Waals surface area contributed by atoms with Crippen LogP contribution in [0.25, 0.3) is 10.2 Å². The third kappa shape index (κ3) is 4.42. The summed E-state index contributed by atoms with van der Waals surface area (Å²) in [5.41, 5.74) is 1.69. The third-order valence-electron chi connectivity index (χ3n) is 4.93. The van der Waals surface area contributed by atoms with Gasteiger partial charge in [0.2, 0.25) is 5.78 Å². The Kier molecular flexibility index (Phi) is 6.21. The topological polar surface area (TPSA) is 171 Å². The fraction of sp³-hybridized carbons (Fsp3) is 0.0870. The van der Waals surface area contributed by atoms with Gasteiger partial charge in [0, 0.05) is 0 Å². The standard InChI is InChI=1S/C21H14N2O5S.C2H2O4/c1-11-6-7-12-15(10-11)29-21(22-12)23-17(13-4-2-8-27-13)16(19(25)20(23)26)18(24)14-5-3-9-28-14;3-1(4)2(5)6/h2-10,17,25H,1H3;(H,3,4)(H,5,6). The number of aliphatic carboxylic acids is 2. The first kappa shape index (κ1) is 23.4. The van der Waals surface area contributed by atoms with Crippen molar-refractivity contribution in [3.05, 3.63) is 83.4 Å². The molecule has 0 fully saturated rings. The van der Waals surface area contributed by atoms with Crippen molar-refractivity contribution in [2.24, 2.45) is 0 Å². The van der Waals surface area contributed by atoms with Crippen molar-refractivity contribution in [3.8, 4) is 0 Å². The predicted molar refractivity (Wildman–Crippen MR) is 121 cm³/mol. The van der Waals surface area contributed by atoms with Gasteiger partial charge in [-0.3, -0.25) is 14.5 Å². The maximum absolute atomic E-state index is 13.0. The van der Waals surface area contributed by atoms with E-state index in [1.54, 1.807) is 18.2 Å². The van der Waals surface area contributed by atoms with Crippen LogP contribution in [-0.4, -0.2) is 43.9 Å². The molecule has 4 heterocycles. The first-order valence-electron chi connectivity index (χ1n) is 9.90. The molecule has 12 heteroatoms. The van der Waals surface area contributed by atoms with Crippen LogP contribution in [0.2, 0.25) is 0 Å². The van der Waals surface area contributed by atoms with E-state index in [0.29, 0.717) is 10.9 Å². The molecule has 1 aliphatic heterocycles. The van der Waals surface area contributed by atoms with Gasteiger partial charge in [0.05, 0.1) is 28.3 Å². The van der Waals surface area contributed by atoms with Crippen molar-refractivity contribution < 1.29 is 43.3 Å². The lowest BCUT2D eigenvalue weighted by Crippen LogP contribution is -2.30. The van der Waals surface area contributed by atoms with Gasteiger partial charge in [-0.2, -0.15) is 0 Å². The van der Waals surface area contributed by atoms with Gasteiger partial charge in [-0.15, -0.1) is 0 Å². The van der Waals surface area contributed by atoms with Crippen molar-refractivity contribution in [3.63, 3.8) is 0 Å². The zero-order valence-corrected chi connectivity index (χ0v) is 18.7. The van der Waals surface area contributed by atoms with Crippen LogP contribution in [0.5, 0.6) is 0 Å². The maximum atomic E-state index is 13.0. The van der Waals surface area contributed by atoms with E-state index < -0.39 is 35.4 Å². The lowest BCUT2D eigenvalue weighted by molar-refractivity contribution is -0.159. The van der Waals surface area contributed by atoms with Crippen LogP contribution in [0.15, 0.2) is 75.2 Å². The number of carbonyl (C=O) groups excluding carboxylic acids is 2. The van der Waals surface area contributed by atoms with Gasteiger partial charge in [-0.1, -0.05) is 17.4 Å². The molecular weight excluding hydrogens is 480 g/mol. The monoisotopic (exact) mass is 496 g/mol. The minimum absolute atomic E-state index is 0.0256. The number of nitrogens with zero attached hydrogens (tertiary/aromatic N) is 2. The number of amides is 1. The van der Waals surface area contributed by atoms with E-state index in [4.69, 9.17) is 28.6 Å². The summed E-state index contributed by atoms with van der Waals surface area (Å²) in [6.07, 6.45) is 2.81. The van der Waals surface area contributed by atoms with Crippen molar-refractivity contribution in [2.75, 3.05) is 4.90 Å². The van der Waals surface area contributed by atoms with E-state index >= 15 is 0 Å². The molecule has 4 aromatic rings. The summed E-state index contributed by atoms with van der Waals surface area (Å²) in [6.45, 7) is 1.97. The Hall–Kier alpha value is -4.71. The zero-order valence-electron chi connectivity index (χ0n) is 17.9. The summed E-state index contributed by atoms with van der Waals surface area (Å²) in [6, 6.07) is 11.2. The van der Waals surface area contributed by atoms with Gasteiger partial charge in [0.15, 0.2) is 16.7 Å². The average molecular weight is 496 g/mol. The zero-order chi connectivity index (χ0) is 25.3. The molecule has 0 aliphatic carbocycles. The molecule has 178 valence electrons. The number of hydrogen-bond donors (Lipinski definition) is 3. The second-order valence-corrected chi connectivity index (χ2v) is 8.25. The number of benzene rings is 1. The molecule has 1 atom stereocenters. The molecule has 1 amide bonds. The average Bonchev–Trinajstić information content (AvgIpc) is 3.61. The number of carboxylic acid groups (broad SMARTS) is 2. The van der Waals surface area contributed by atoms with Gasteiger partial charge in [0.1, 0.15) is 11.8 Å². The van der Waals surface area contributed by atoms with Crippen LogP contribution in [0.1, 0.15) is 27.9 Å². The number of anilines is 1. The number of furan rings is 2. The van der Waals surface area contributed by atoms with Crippen LogP contribution < -0.4 is 4.90 Å². The molecule has 0 radical (unpaired) electrons. The Labute approximate surface area is 200 Å². The lowest BCUT2D eigenvalue weighted by atomic mass is 10.00. The predicted octanol–water partition coefficient (Wildman–Crippen LogP) is 3.73. The minimum Gasteiger partial charge on any atom is -0.503 e. The summed E-state index contributed by atoms with van der Waals surface area (Å²) in [7, 11) is 0. The Balaban J connectivity index is 0.000000431. The number of aliphatic hydroxyl groups is 1. The summed E-state index contributed by atoms with van der Waals surface area (Å²) in [5, 5.41) is 25.8. The Bertz CT molecular complexity index is 1450. The second-order valence-electron chi connectivity index (χ2n) is 7.24. The smallest absolute Gasteiger partial charge is 0.414 e. The fourth-order valence-electron chi connectivity index (χ4n) is 3.41. The highest BCUT2D eigenvalue weighted by Crippen LogP contribution is 2.44. The van der Waals surface area contributed by atoms with E-state index in [0.717, 1.165) is 15.8 Å². The van der Waals surface area contributed by atoms with Crippen LogP contribution in [0.3, 0.4) is 0 Å². The van der Waals surface area contributed by atoms with Crippen molar-refractivity contribution >= 4 is 50.3 Å². The van der Waals surface area contributed by atoms with Crippen LogP contribution in [-0.2, 0) is 14.4 Å². The molecule has 1 aromatic carbocycles. The van der Waals surface area contributed by atoms with Gasteiger partial charge in [-0.05, 0) is 48.9 Å². The minimum atomic E-state index is -1.82. The first-order valence-corrected chi connectivity index (χ1v) is 10.7.